The lowest BCUT2D eigenvalue weighted by Gasteiger charge is -2.16. The number of thioether (sulfide) groups is 1. The molecule has 2 aromatic heterocycles. The number of nitrogens with one attached hydrogen (secondary N) is 1. The number of benzene rings is 1. The molecule has 0 spiro atoms. The summed E-state index contributed by atoms with van der Waals surface area (Å²) in [6.45, 7) is 5.24. The second-order valence-electron chi connectivity index (χ2n) is 7.19. The highest BCUT2D eigenvalue weighted by Gasteiger charge is 2.25. The van der Waals surface area contributed by atoms with Crippen LogP contribution in [0.1, 0.15) is 25.3 Å². The largest absolute Gasteiger partial charge is 0.376 e. The lowest BCUT2D eigenvalue weighted by Crippen LogP contribution is -2.24. The molecule has 3 aromatic rings. The van der Waals surface area contributed by atoms with Gasteiger partial charge in [0.05, 0.1) is 22.8 Å². The van der Waals surface area contributed by atoms with Gasteiger partial charge >= 0.3 is 0 Å². The minimum atomic E-state index is -0.355. The molecule has 9 heteroatoms. The molecule has 1 amide bonds. The van der Waals surface area contributed by atoms with Crippen molar-refractivity contribution in [2.75, 3.05) is 11.9 Å². The van der Waals surface area contributed by atoms with E-state index >= 15 is 0 Å². The molecule has 158 valence electrons. The van der Waals surface area contributed by atoms with Crippen molar-refractivity contribution in [1.29, 1.82) is 0 Å². The van der Waals surface area contributed by atoms with Crippen LogP contribution < -0.4 is 5.32 Å². The molecule has 2 unspecified atom stereocenters. The van der Waals surface area contributed by atoms with Gasteiger partial charge in [-0.2, -0.15) is 0 Å². The van der Waals surface area contributed by atoms with Gasteiger partial charge in [0.25, 0.3) is 0 Å². The smallest absolute Gasteiger partial charge is 0.237 e. The predicted octanol–water partition coefficient (Wildman–Crippen LogP) is 5.27. The average Bonchev–Trinajstić information content (AvgIpc) is 3.49. The quantitative estimate of drug-likeness (QED) is 0.484. The van der Waals surface area contributed by atoms with Crippen molar-refractivity contribution in [2.24, 2.45) is 0 Å². The second kappa shape index (κ2) is 9.51. The third-order valence-corrected chi connectivity index (χ3v) is 7.40. The molecule has 1 fully saturated rings. The molecule has 4 rings (SSSR count). The van der Waals surface area contributed by atoms with Gasteiger partial charge in [0, 0.05) is 17.3 Å². The van der Waals surface area contributed by atoms with E-state index in [9.17, 15) is 4.79 Å². The first-order valence-electron chi connectivity index (χ1n) is 9.84. The summed E-state index contributed by atoms with van der Waals surface area (Å²) in [5.74, 6) is 0.719. The van der Waals surface area contributed by atoms with Gasteiger partial charge in [-0.25, -0.2) is 0 Å². The van der Waals surface area contributed by atoms with Crippen LogP contribution in [0.25, 0.3) is 10.7 Å². The van der Waals surface area contributed by atoms with Crippen LogP contribution in [-0.4, -0.2) is 38.6 Å². The van der Waals surface area contributed by atoms with Crippen molar-refractivity contribution in [3.05, 3.63) is 46.3 Å². The fraction of sp³-hybridized carbons (Fsp3) is 0.381. The molecular weight excluding hydrogens is 440 g/mol. The number of nitrogens with zero attached hydrogens (tertiary/aromatic N) is 3. The van der Waals surface area contributed by atoms with Crippen LogP contribution in [0.3, 0.4) is 0 Å². The standard InChI is InChI=1S/C21H23ClN4O2S2/c1-13-16(22)7-3-8-17(13)23-20(27)14(2)30-21-25-24-19(18-9-5-11-29-18)26(21)12-15-6-4-10-28-15/h3,5,7-9,11,14-15H,4,6,10,12H2,1-2H3,(H,23,27). The SMILES string of the molecule is Cc1c(Cl)cccc1NC(=O)C(C)Sc1nnc(-c2cccs2)n1CC1CCCO1. The molecular formula is C21H23ClN4O2S2. The Bertz CT molecular complexity index is 1020. The fourth-order valence-corrected chi connectivity index (χ4v) is 5.06. The van der Waals surface area contributed by atoms with E-state index in [0.717, 1.165) is 46.6 Å². The van der Waals surface area contributed by atoms with Crippen molar-refractivity contribution in [3.8, 4) is 10.7 Å². The summed E-state index contributed by atoms with van der Waals surface area (Å²) in [6, 6.07) is 9.53. The number of ether oxygens (including phenoxy) is 1. The summed E-state index contributed by atoms with van der Waals surface area (Å²) in [7, 11) is 0. The highest BCUT2D eigenvalue weighted by Crippen LogP contribution is 2.31. The summed E-state index contributed by atoms with van der Waals surface area (Å²) in [6.07, 6.45) is 2.25. The molecule has 2 atom stereocenters. The van der Waals surface area contributed by atoms with Gasteiger partial charge in [-0.15, -0.1) is 21.5 Å². The van der Waals surface area contributed by atoms with E-state index in [4.69, 9.17) is 16.3 Å². The zero-order chi connectivity index (χ0) is 21.1. The van der Waals surface area contributed by atoms with E-state index in [-0.39, 0.29) is 17.3 Å². The Labute approximate surface area is 189 Å². The Morgan fingerprint density at radius 1 is 1.40 bits per heavy atom. The number of carbonyl (C=O) groups is 1. The number of carbonyl (C=O) groups excluding carboxylic acids is 1. The Balaban J connectivity index is 1.52. The normalized spacial score (nSPS) is 17.2. The van der Waals surface area contributed by atoms with Crippen LogP contribution >= 0.6 is 34.7 Å². The number of amides is 1. The molecule has 1 N–H and O–H groups in total. The first kappa shape index (κ1) is 21.4. The van der Waals surface area contributed by atoms with Crippen molar-refractivity contribution in [2.45, 2.75) is 49.7 Å². The van der Waals surface area contributed by atoms with E-state index in [1.807, 2.05) is 49.6 Å². The third kappa shape index (κ3) is 4.72. The zero-order valence-corrected chi connectivity index (χ0v) is 19.2. The van der Waals surface area contributed by atoms with E-state index in [0.29, 0.717) is 11.6 Å². The highest BCUT2D eigenvalue weighted by molar-refractivity contribution is 8.00. The van der Waals surface area contributed by atoms with Crippen molar-refractivity contribution in [1.82, 2.24) is 14.8 Å². The maximum atomic E-state index is 12.8. The van der Waals surface area contributed by atoms with Crippen LogP contribution in [0.5, 0.6) is 0 Å². The summed E-state index contributed by atoms with van der Waals surface area (Å²) in [5, 5.41) is 14.8. The molecule has 0 saturated carbocycles. The van der Waals surface area contributed by atoms with Gasteiger partial charge in [0.15, 0.2) is 11.0 Å². The van der Waals surface area contributed by atoms with Crippen LogP contribution in [0.15, 0.2) is 40.9 Å². The maximum absolute atomic E-state index is 12.8. The molecule has 0 radical (unpaired) electrons. The Hall–Kier alpha value is -1.87. The Kier molecular flexibility index (Phi) is 6.77. The number of rotatable bonds is 7. The van der Waals surface area contributed by atoms with E-state index < -0.39 is 0 Å². The minimum Gasteiger partial charge on any atom is -0.376 e. The van der Waals surface area contributed by atoms with Gasteiger partial charge in [0.1, 0.15) is 0 Å². The molecule has 1 aliphatic heterocycles. The van der Waals surface area contributed by atoms with Crippen molar-refractivity contribution in [3.63, 3.8) is 0 Å². The lowest BCUT2D eigenvalue weighted by molar-refractivity contribution is -0.115. The van der Waals surface area contributed by atoms with Crippen LogP contribution in [0.4, 0.5) is 5.69 Å². The number of hydrogen-bond acceptors (Lipinski definition) is 6. The summed E-state index contributed by atoms with van der Waals surface area (Å²) in [5.41, 5.74) is 1.58. The number of anilines is 1. The predicted molar refractivity (Wildman–Crippen MR) is 122 cm³/mol. The van der Waals surface area contributed by atoms with Crippen LogP contribution in [0, 0.1) is 6.92 Å². The van der Waals surface area contributed by atoms with E-state index in [1.54, 1.807) is 11.3 Å². The molecule has 30 heavy (non-hydrogen) atoms. The van der Waals surface area contributed by atoms with Gasteiger partial charge in [-0.3, -0.25) is 9.36 Å². The van der Waals surface area contributed by atoms with Crippen molar-refractivity contribution < 1.29 is 9.53 Å². The first-order valence-corrected chi connectivity index (χ1v) is 12.0. The van der Waals surface area contributed by atoms with Crippen molar-refractivity contribution >= 4 is 46.3 Å². The Morgan fingerprint density at radius 3 is 3.00 bits per heavy atom. The van der Waals surface area contributed by atoms with Gasteiger partial charge in [0.2, 0.25) is 5.91 Å². The van der Waals surface area contributed by atoms with Gasteiger partial charge in [-0.1, -0.05) is 35.5 Å². The van der Waals surface area contributed by atoms with E-state index in [1.165, 1.54) is 11.8 Å². The average molecular weight is 463 g/mol. The second-order valence-corrected chi connectivity index (χ2v) is 9.85. The number of halogens is 1. The fourth-order valence-electron chi connectivity index (χ4n) is 3.31. The monoisotopic (exact) mass is 462 g/mol. The molecule has 3 heterocycles. The third-order valence-electron chi connectivity index (χ3n) is 5.05. The van der Waals surface area contributed by atoms with E-state index in [2.05, 4.69) is 20.1 Å². The molecule has 1 aliphatic rings. The number of thiophene rings is 1. The molecule has 0 bridgehead atoms. The zero-order valence-electron chi connectivity index (χ0n) is 16.8. The molecule has 1 saturated heterocycles. The summed E-state index contributed by atoms with van der Waals surface area (Å²) >= 11 is 9.20. The van der Waals surface area contributed by atoms with Crippen LogP contribution in [0.2, 0.25) is 5.02 Å². The van der Waals surface area contributed by atoms with Gasteiger partial charge in [-0.05, 0) is 55.8 Å². The Morgan fingerprint density at radius 2 is 2.27 bits per heavy atom. The minimum absolute atomic E-state index is 0.102. The van der Waals surface area contributed by atoms with Crippen LogP contribution in [-0.2, 0) is 16.1 Å². The lowest BCUT2D eigenvalue weighted by atomic mass is 10.2. The highest BCUT2D eigenvalue weighted by atomic mass is 35.5. The molecule has 0 aliphatic carbocycles. The summed E-state index contributed by atoms with van der Waals surface area (Å²) in [4.78, 5) is 13.9. The summed E-state index contributed by atoms with van der Waals surface area (Å²) < 4.78 is 7.92. The molecule has 1 aromatic carbocycles. The van der Waals surface area contributed by atoms with Gasteiger partial charge < -0.3 is 10.1 Å². The number of hydrogen-bond donors (Lipinski definition) is 1. The number of aromatic nitrogens is 3. The topological polar surface area (TPSA) is 69.0 Å². The first-order chi connectivity index (χ1) is 14.5. The molecule has 6 nitrogen and oxygen atoms in total. The maximum Gasteiger partial charge on any atom is 0.237 e.